The molecule has 0 aliphatic carbocycles. The van der Waals surface area contributed by atoms with Gasteiger partial charge in [-0.2, -0.15) is 0 Å². The van der Waals surface area contributed by atoms with Crippen LogP contribution in [0.5, 0.6) is 0 Å². The molecule has 0 radical (unpaired) electrons. The average molecular weight is 467 g/mol. The number of benzene rings is 2. The molecule has 0 bridgehead atoms. The van der Waals surface area contributed by atoms with Gasteiger partial charge < -0.3 is 19.7 Å². The van der Waals surface area contributed by atoms with E-state index in [0.717, 1.165) is 18.4 Å². The van der Waals surface area contributed by atoms with E-state index in [1.807, 2.05) is 44.2 Å². The minimum absolute atomic E-state index is 0.00167. The van der Waals surface area contributed by atoms with E-state index in [-0.39, 0.29) is 24.9 Å². The molecule has 2 amide bonds. The van der Waals surface area contributed by atoms with E-state index in [1.54, 1.807) is 24.3 Å². The summed E-state index contributed by atoms with van der Waals surface area (Å²) >= 11 is 0. The third-order valence-corrected chi connectivity index (χ3v) is 5.63. The number of carbonyl (C=O) groups excluding carboxylic acids is 4. The Hall–Kier alpha value is -3.68. The minimum atomic E-state index is -0.662. The highest BCUT2D eigenvalue weighted by atomic mass is 16.5. The maximum absolute atomic E-state index is 12.5. The van der Waals surface area contributed by atoms with E-state index in [2.05, 4.69) is 5.32 Å². The zero-order chi connectivity index (χ0) is 24.5. The summed E-state index contributed by atoms with van der Waals surface area (Å²) in [7, 11) is 0. The highest BCUT2D eigenvalue weighted by Gasteiger charge is 2.36. The van der Waals surface area contributed by atoms with Crippen LogP contribution in [0.1, 0.15) is 55.1 Å². The van der Waals surface area contributed by atoms with E-state index in [4.69, 9.17) is 9.47 Å². The molecule has 180 valence electrons. The number of carbonyl (C=O) groups is 4. The molecule has 1 saturated heterocycles. The Morgan fingerprint density at radius 3 is 2.44 bits per heavy atom. The van der Waals surface area contributed by atoms with Crippen molar-refractivity contribution in [3.63, 3.8) is 0 Å². The zero-order valence-corrected chi connectivity index (χ0v) is 19.5. The van der Waals surface area contributed by atoms with Gasteiger partial charge in [0.15, 0.2) is 6.61 Å². The van der Waals surface area contributed by atoms with Crippen LogP contribution in [0.4, 0.5) is 5.69 Å². The van der Waals surface area contributed by atoms with Crippen molar-refractivity contribution in [3.8, 4) is 0 Å². The van der Waals surface area contributed by atoms with Crippen LogP contribution in [0.15, 0.2) is 54.6 Å². The summed E-state index contributed by atoms with van der Waals surface area (Å²) < 4.78 is 10.3. The Labute approximate surface area is 199 Å². The molecular weight excluding hydrogens is 436 g/mol. The summed E-state index contributed by atoms with van der Waals surface area (Å²) in [5.41, 5.74) is 1.93. The molecule has 3 rings (SSSR count). The third-order valence-electron chi connectivity index (χ3n) is 5.63. The van der Waals surface area contributed by atoms with Crippen molar-refractivity contribution in [2.45, 2.75) is 39.2 Å². The Kier molecular flexibility index (Phi) is 8.79. The Morgan fingerprint density at radius 2 is 1.76 bits per heavy atom. The van der Waals surface area contributed by atoms with Gasteiger partial charge in [-0.1, -0.05) is 43.7 Å². The summed E-state index contributed by atoms with van der Waals surface area (Å²) in [4.78, 5) is 50.6. The van der Waals surface area contributed by atoms with Crippen molar-refractivity contribution >= 4 is 29.4 Å². The van der Waals surface area contributed by atoms with Crippen molar-refractivity contribution in [1.29, 1.82) is 0 Å². The normalized spacial score (nSPS) is 16.1. The number of nitrogens with zero attached hydrogens (tertiary/aromatic N) is 1. The lowest BCUT2D eigenvalue weighted by Gasteiger charge is -2.17. The van der Waals surface area contributed by atoms with Crippen LogP contribution in [-0.2, 0) is 23.9 Å². The summed E-state index contributed by atoms with van der Waals surface area (Å²) in [5, 5.41) is 2.78. The van der Waals surface area contributed by atoms with Crippen molar-refractivity contribution < 1.29 is 28.7 Å². The molecule has 34 heavy (non-hydrogen) atoms. The smallest absolute Gasteiger partial charge is 0.338 e. The second-order valence-electron chi connectivity index (χ2n) is 8.25. The predicted octanol–water partition coefficient (Wildman–Crippen LogP) is 3.42. The van der Waals surface area contributed by atoms with E-state index < -0.39 is 30.4 Å². The molecule has 0 aromatic heterocycles. The van der Waals surface area contributed by atoms with Crippen LogP contribution in [0.25, 0.3) is 0 Å². The summed E-state index contributed by atoms with van der Waals surface area (Å²) in [6.07, 6.45) is 1.74. The van der Waals surface area contributed by atoms with Gasteiger partial charge >= 0.3 is 11.9 Å². The molecule has 2 atom stereocenters. The number of anilines is 1. The number of esters is 2. The zero-order valence-electron chi connectivity index (χ0n) is 19.5. The average Bonchev–Trinajstić information content (AvgIpc) is 3.25. The maximum Gasteiger partial charge on any atom is 0.338 e. The molecule has 8 nitrogen and oxygen atoms in total. The molecule has 1 N–H and O–H groups in total. The first kappa shape index (κ1) is 25.0. The van der Waals surface area contributed by atoms with Gasteiger partial charge in [0.05, 0.1) is 24.1 Å². The van der Waals surface area contributed by atoms with Crippen LogP contribution in [-0.4, -0.2) is 43.5 Å². The van der Waals surface area contributed by atoms with Crippen LogP contribution < -0.4 is 10.2 Å². The second kappa shape index (κ2) is 12.0. The maximum atomic E-state index is 12.5. The number of hydrogen-bond acceptors (Lipinski definition) is 6. The van der Waals surface area contributed by atoms with Crippen molar-refractivity contribution in [2.75, 3.05) is 24.7 Å². The molecule has 1 fully saturated rings. The lowest BCUT2D eigenvalue weighted by molar-refractivity contribution is -0.152. The summed E-state index contributed by atoms with van der Waals surface area (Å²) in [6, 6.07) is 15.7. The first-order valence-electron chi connectivity index (χ1n) is 11.5. The van der Waals surface area contributed by atoms with Crippen LogP contribution >= 0.6 is 0 Å². The molecule has 2 aromatic carbocycles. The van der Waals surface area contributed by atoms with Crippen molar-refractivity contribution in [1.82, 2.24) is 5.32 Å². The summed E-state index contributed by atoms with van der Waals surface area (Å²) in [6.45, 7) is 3.98. The third kappa shape index (κ3) is 6.66. The topological polar surface area (TPSA) is 102 Å². The van der Waals surface area contributed by atoms with Gasteiger partial charge in [0.25, 0.3) is 5.91 Å². The van der Waals surface area contributed by atoms with Crippen LogP contribution in [0.3, 0.4) is 0 Å². The molecule has 1 aliphatic rings. The molecule has 0 saturated carbocycles. The van der Waals surface area contributed by atoms with Crippen LogP contribution in [0, 0.1) is 5.92 Å². The van der Waals surface area contributed by atoms with Gasteiger partial charge in [-0.15, -0.1) is 0 Å². The number of rotatable bonds is 10. The molecular formula is C26H30N2O6. The van der Waals surface area contributed by atoms with Gasteiger partial charge in [-0.3, -0.25) is 14.4 Å². The van der Waals surface area contributed by atoms with Crippen LogP contribution in [0.2, 0.25) is 0 Å². The standard InChI is InChI=1S/C26H30N2O6/c1-3-4-14-33-25(31)20-10-12-22(13-11-20)28-16-21(15-24(28)30)26(32)34-17-23(29)27-18(2)19-8-6-5-7-9-19/h5-13,18,21H,3-4,14-17H2,1-2H3,(H,27,29)/t18-,21-/m1/s1. The van der Waals surface area contributed by atoms with Crippen molar-refractivity contribution in [3.05, 3.63) is 65.7 Å². The molecule has 1 aliphatic heterocycles. The van der Waals surface area contributed by atoms with E-state index >= 15 is 0 Å². The Balaban J connectivity index is 1.48. The fourth-order valence-corrected chi connectivity index (χ4v) is 3.65. The first-order chi connectivity index (χ1) is 16.4. The monoisotopic (exact) mass is 466 g/mol. The molecule has 0 unspecified atom stereocenters. The quantitative estimate of drug-likeness (QED) is 0.425. The van der Waals surface area contributed by atoms with Gasteiger partial charge in [0, 0.05) is 18.7 Å². The fraction of sp³-hybridized carbons (Fsp3) is 0.385. The van der Waals surface area contributed by atoms with E-state index in [1.165, 1.54) is 4.90 Å². The van der Waals surface area contributed by atoms with Crippen molar-refractivity contribution in [2.24, 2.45) is 5.92 Å². The molecule has 0 spiro atoms. The summed E-state index contributed by atoms with van der Waals surface area (Å²) in [5.74, 6) is -2.29. The molecule has 2 aromatic rings. The highest BCUT2D eigenvalue weighted by Crippen LogP contribution is 2.26. The Morgan fingerprint density at radius 1 is 1.06 bits per heavy atom. The number of nitrogens with one attached hydrogen (secondary N) is 1. The van der Waals surface area contributed by atoms with Gasteiger partial charge in [0.1, 0.15) is 0 Å². The van der Waals surface area contributed by atoms with Gasteiger partial charge in [0.2, 0.25) is 5.91 Å². The fourth-order valence-electron chi connectivity index (χ4n) is 3.65. The number of amides is 2. The molecule has 1 heterocycles. The van der Waals surface area contributed by atoms with E-state index in [0.29, 0.717) is 17.9 Å². The Bertz CT molecular complexity index is 1010. The van der Waals surface area contributed by atoms with Gasteiger partial charge in [-0.25, -0.2) is 4.79 Å². The number of ether oxygens (including phenoxy) is 2. The highest BCUT2D eigenvalue weighted by molar-refractivity contribution is 6.00. The number of hydrogen-bond donors (Lipinski definition) is 1. The molecule has 8 heteroatoms. The lowest BCUT2D eigenvalue weighted by atomic mass is 10.1. The first-order valence-corrected chi connectivity index (χ1v) is 11.5. The SMILES string of the molecule is CCCCOC(=O)c1ccc(N2C[C@H](C(=O)OCC(=O)N[C@H](C)c3ccccc3)CC2=O)cc1. The largest absolute Gasteiger partial charge is 0.462 e. The van der Waals surface area contributed by atoms with E-state index in [9.17, 15) is 19.2 Å². The number of unbranched alkanes of at least 4 members (excludes halogenated alkanes) is 1. The van der Waals surface area contributed by atoms with Gasteiger partial charge in [-0.05, 0) is 43.2 Å². The minimum Gasteiger partial charge on any atom is -0.462 e. The lowest BCUT2D eigenvalue weighted by Crippen LogP contribution is -2.32. The predicted molar refractivity (Wildman–Crippen MR) is 126 cm³/mol. The second-order valence-corrected chi connectivity index (χ2v) is 8.25.